The predicted octanol–water partition coefficient (Wildman–Crippen LogP) is 2.67. The summed E-state index contributed by atoms with van der Waals surface area (Å²) in [7, 11) is -3.83. The molecule has 2 aromatic rings. The van der Waals surface area contributed by atoms with Gasteiger partial charge in [0, 0.05) is 17.2 Å². The van der Waals surface area contributed by atoms with Gasteiger partial charge in [-0.05, 0) is 45.0 Å². The summed E-state index contributed by atoms with van der Waals surface area (Å²) in [6, 6.07) is 6.69. The number of aromatic nitrogens is 2. The molecule has 0 radical (unpaired) electrons. The van der Waals surface area contributed by atoms with Gasteiger partial charge in [-0.15, -0.1) is 0 Å². The van der Waals surface area contributed by atoms with E-state index in [4.69, 9.17) is 9.05 Å². The van der Waals surface area contributed by atoms with E-state index in [1.807, 2.05) is 0 Å². The van der Waals surface area contributed by atoms with E-state index in [-0.39, 0.29) is 18.5 Å². The molecule has 1 aromatic carbocycles. The Labute approximate surface area is 153 Å². The Bertz CT molecular complexity index is 894. The third-order valence-corrected chi connectivity index (χ3v) is 6.08. The van der Waals surface area contributed by atoms with Gasteiger partial charge in [-0.2, -0.15) is 0 Å². The summed E-state index contributed by atoms with van der Waals surface area (Å²) in [6.45, 7) is 5.61. The van der Waals surface area contributed by atoms with Crippen LogP contribution < -0.4 is 16.6 Å². The van der Waals surface area contributed by atoms with Gasteiger partial charge in [-0.25, -0.2) is 9.36 Å². The van der Waals surface area contributed by atoms with Gasteiger partial charge in [-0.3, -0.25) is 13.9 Å². The molecule has 2 rings (SSSR count). The maximum atomic E-state index is 13.1. The molecule has 9 heteroatoms. The molecule has 0 atom stereocenters. The molecule has 0 spiro atoms. The normalized spacial score (nSPS) is 11.7. The fourth-order valence-electron chi connectivity index (χ4n) is 2.34. The molecule has 0 fully saturated rings. The number of rotatable bonds is 7. The highest BCUT2D eigenvalue weighted by Crippen LogP contribution is 2.45. The maximum absolute atomic E-state index is 13.1. The van der Waals surface area contributed by atoms with Crippen LogP contribution in [0.4, 0.5) is 0 Å². The number of halogens is 1. The van der Waals surface area contributed by atoms with Gasteiger partial charge in [0.1, 0.15) is 5.30 Å². The number of hydrogen-bond acceptors (Lipinski definition) is 5. The summed E-state index contributed by atoms with van der Waals surface area (Å²) in [5, 5.41) is -0.152. The van der Waals surface area contributed by atoms with Crippen LogP contribution in [0.1, 0.15) is 20.8 Å². The molecule has 1 aromatic heterocycles. The van der Waals surface area contributed by atoms with Crippen molar-refractivity contribution >= 4 is 28.8 Å². The Kier molecular flexibility index (Phi) is 6.57. The van der Waals surface area contributed by atoms with E-state index >= 15 is 0 Å². The lowest BCUT2D eigenvalue weighted by Gasteiger charge is -2.19. The SMILES string of the molecule is CCOP(=O)(OCC)c1cn(CC)c(=O)n(-c2ccc(Br)cc2)c1=O. The predicted molar refractivity (Wildman–Crippen MR) is 100 cm³/mol. The molecular formula is C16H20BrN2O5P. The standard InChI is InChI=1S/C16H20BrN2O5P/c1-4-18-11-14(25(22,23-5-2)24-6-3)15(20)19(16(18)21)13-9-7-12(17)8-10-13/h7-11H,4-6H2,1-3H3. The van der Waals surface area contributed by atoms with E-state index in [1.165, 1.54) is 10.8 Å². The van der Waals surface area contributed by atoms with Gasteiger partial charge in [-0.1, -0.05) is 15.9 Å². The zero-order valence-electron chi connectivity index (χ0n) is 14.3. The fourth-order valence-corrected chi connectivity index (χ4v) is 4.25. The average Bonchev–Trinajstić information content (AvgIpc) is 2.57. The zero-order valence-corrected chi connectivity index (χ0v) is 16.7. The minimum atomic E-state index is -3.83. The molecule has 0 amide bonds. The van der Waals surface area contributed by atoms with Crippen LogP contribution in [0.2, 0.25) is 0 Å². The summed E-state index contributed by atoms with van der Waals surface area (Å²) < 4.78 is 26.7. The van der Waals surface area contributed by atoms with Crippen LogP contribution in [0.5, 0.6) is 0 Å². The van der Waals surface area contributed by atoms with Crippen molar-refractivity contribution in [1.82, 2.24) is 9.13 Å². The Morgan fingerprint density at radius 1 is 1.04 bits per heavy atom. The molecule has 7 nitrogen and oxygen atoms in total. The Hall–Kier alpha value is -1.47. The highest BCUT2D eigenvalue weighted by Gasteiger charge is 2.32. The Morgan fingerprint density at radius 2 is 1.60 bits per heavy atom. The first kappa shape index (κ1) is 19.8. The lowest BCUT2D eigenvalue weighted by molar-refractivity contribution is 0.229. The quantitative estimate of drug-likeness (QED) is 0.630. The van der Waals surface area contributed by atoms with Crippen molar-refractivity contribution in [1.29, 1.82) is 0 Å². The van der Waals surface area contributed by atoms with Crippen molar-refractivity contribution in [2.75, 3.05) is 13.2 Å². The van der Waals surface area contributed by atoms with Crippen LogP contribution in [-0.2, 0) is 20.2 Å². The van der Waals surface area contributed by atoms with Gasteiger partial charge in [0.2, 0.25) is 0 Å². The molecule has 0 aliphatic carbocycles. The van der Waals surface area contributed by atoms with E-state index in [0.717, 1.165) is 9.04 Å². The topological polar surface area (TPSA) is 79.5 Å². The molecule has 0 saturated carbocycles. The van der Waals surface area contributed by atoms with Gasteiger partial charge in [0.05, 0.1) is 18.9 Å². The van der Waals surface area contributed by atoms with Crippen molar-refractivity contribution in [3.05, 3.63) is 55.8 Å². The third-order valence-electron chi connectivity index (χ3n) is 3.46. The fraction of sp³-hybridized carbons (Fsp3) is 0.375. The third kappa shape index (κ3) is 4.03. The molecule has 0 unspecified atom stereocenters. The number of nitrogens with zero attached hydrogens (tertiary/aromatic N) is 2. The summed E-state index contributed by atoms with van der Waals surface area (Å²) in [6.07, 6.45) is 1.27. The number of hydrogen-bond donors (Lipinski definition) is 0. The maximum Gasteiger partial charge on any atom is 0.368 e. The van der Waals surface area contributed by atoms with Gasteiger partial charge < -0.3 is 9.05 Å². The van der Waals surface area contributed by atoms with E-state index < -0.39 is 18.8 Å². The number of aryl methyl sites for hydroxylation is 1. The van der Waals surface area contributed by atoms with Crippen LogP contribution >= 0.6 is 23.5 Å². The van der Waals surface area contributed by atoms with Crippen molar-refractivity contribution in [2.45, 2.75) is 27.3 Å². The second kappa shape index (κ2) is 8.27. The molecule has 136 valence electrons. The molecule has 0 bridgehead atoms. The minimum Gasteiger partial charge on any atom is -0.305 e. The molecular weight excluding hydrogens is 411 g/mol. The van der Waals surface area contributed by atoms with Crippen LogP contribution in [0.25, 0.3) is 5.69 Å². The Balaban J connectivity index is 2.81. The second-order valence-corrected chi connectivity index (χ2v) is 7.94. The Morgan fingerprint density at radius 3 is 2.08 bits per heavy atom. The zero-order chi connectivity index (χ0) is 18.6. The van der Waals surface area contributed by atoms with Crippen molar-refractivity contribution in [3.63, 3.8) is 0 Å². The van der Waals surface area contributed by atoms with Gasteiger partial charge in [0.15, 0.2) is 0 Å². The number of benzene rings is 1. The lowest BCUT2D eigenvalue weighted by atomic mass is 10.3. The van der Waals surface area contributed by atoms with Crippen molar-refractivity contribution in [3.8, 4) is 5.69 Å². The van der Waals surface area contributed by atoms with E-state index in [2.05, 4.69) is 15.9 Å². The first-order valence-electron chi connectivity index (χ1n) is 7.90. The lowest BCUT2D eigenvalue weighted by Crippen LogP contribution is -2.46. The second-order valence-electron chi connectivity index (χ2n) is 5.03. The molecule has 0 aliphatic rings. The van der Waals surface area contributed by atoms with E-state index in [9.17, 15) is 14.2 Å². The van der Waals surface area contributed by atoms with Gasteiger partial charge in [0.25, 0.3) is 5.56 Å². The molecule has 0 N–H and O–H groups in total. The van der Waals surface area contributed by atoms with E-state index in [0.29, 0.717) is 12.2 Å². The van der Waals surface area contributed by atoms with Crippen molar-refractivity contribution < 1.29 is 13.6 Å². The molecule has 1 heterocycles. The largest absolute Gasteiger partial charge is 0.368 e. The summed E-state index contributed by atoms with van der Waals surface area (Å²) >= 11 is 3.32. The van der Waals surface area contributed by atoms with Crippen LogP contribution in [-0.4, -0.2) is 22.3 Å². The molecule has 25 heavy (non-hydrogen) atoms. The monoisotopic (exact) mass is 430 g/mol. The first-order valence-corrected chi connectivity index (χ1v) is 10.2. The smallest absolute Gasteiger partial charge is 0.305 e. The first-order chi connectivity index (χ1) is 11.9. The van der Waals surface area contributed by atoms with Crippen LogP contribution in [0.3, 0.4) is 0 Å². The summed E-state index contributed by atoms with van der Waals surface area (Å²) in [5.74, 6) is 0. The van der Waals surface area contributed by atoms with Gasteiger partial charge >= 0.3 is 13.3 Å². The molecule has 0 saturated heterocycles. The molecule has 0 aliphatic heterocycles. The minimum absolute atomic E-state index is 0.111. The highest BCUT2D eigenvalue weighted by molar-refractivity contribution is 9.10. The van der Waals surface area contributed by atoms with Crippen molar-refractivity contribution in [2.24, 2.45) is 0 Å². The summed E-state index contributed by atoms with van der Waals surface area (Å²) in [4.78, 5) is 25.6. The van der Waals surface area contributed by atoms with Crippen LogP contribution in [0.15, 0.2) is 44.5 Å². The average molecular weight is 431 g/mol. The van der Waals surface area contributed by atoms with E-state index in [1.54, 1.807) is 45.0 Å². The summed E-state index contributed by atoms with van der Waals surface area (Å²) in [5.41, 5.74) is -0.845. The van der Waals surface area contributed by atoms with Crippen LogP contribution in [0, 0.1) is 0 Å². The highest BCUT2D eigenvalue weighted by atomic mass is 79.9.